The number of hydrogen-bond acceptors (Lipinski definition) is 4. The summed E-state index contributed by atoms with van der Waals surface area (Å²) in [4.78, 5) is 17.0. The second kappa shape index (κ2) is 10.0. The van der Waals surface area contributed by atoms with E-state index in [-0.39, 0.29) is 24.8 Å². The molecule has 5 nitrogen and oxygen atoms in total. The summed E-state index contributed by atoms with van der Waals surface area (Å²) in [6.45, 7) is 8.05. The predicted molar refractivity (Wildman–Crippen MR) is 96.7 cm³/mol. The molecule has 0 saturated carbocycles. The molecule has 3 aliphatic heterocycles. The minimum absolute atomic E-state index is 0. The van der Waals surface area contributed by atoms with Crippen LogP contribution in [0.15, 0.2) is 0 Å². The van der Waals surface area contributed by atoms with Crippen molar-refractivity contribution >= 4 is 30.7 Å². The highest BCUT2D eigenvalue weighted by Crippen LogP contribution is 2.20. The van der Waals surface area contributed by atoms with Gasteiger partial charge in [0.05, 0.1) is 12.7 Å². The first-order valence-corrected chi connectivity index (χ1v) is 8.59. The number of nitrogens with one attached hydrogen (secondary N) is 1. The minimum atomic E-state index is 0. The van der Waals surface area contributed by atoms with Crippen LogP contribution in [0.5, 0.6) is 0 Å². The van der Waals surface area contributed by atoms with Crippen molar-refractivity contribution in [3.63, 3.8) is 0 Å². The smallest absolute Gasteiger partial charge is 0.224 e. The van der Waals surface area contributed by atoms with Crippen molar-refractivity contribution in [1.82, 2.24) is 15.1 Å². The summed E-state index contributed by atoms with van der Waals surface area (Å²) in [7, 11) is 0. The van der Waals surface area contributed by atoms with E-state index in [4.69, 9.17) is 4.74 Å². The number of ether oxygens (including phenoxy) is 1. The van der Waals surface area contributed by atoms with Gasteiger partial charge >= 0.3 is 0 Å². The summed E-state index contributed by atoms with van der Waals surface area (Å²) in [5.41, 5.74) is 0. The van der Waals surface area contributed by atoms with Crippen LogP contribution >= 0.6 is 24.8 Å². The van der Waals surface area contributed by atoms with E-state index in [0.717, 1.165) is 58.6 Å². The van der Waals surface area contributed by atoms with Gasteiger partial charge in [0.1, 0.15) is 0 Å². The van der Waals surface area contributed by atoms with Crippen molar-refractivity contribution in [2.75, 3.05) is 39.3 Å². The lowest BCUT2D eigenvalue weighted by atomic mass is 10.0. The van der Waals surface area contributed by atoms with Crippen LogP contribution in [0.3, 0.4) is 0 Å². The van der Waals surface area contributed by atoms with Crippen LogP contribution in [-0.4, -0.2) is 73.2 Å². The van der Waals surface area contributed by atoms with Gasteiger partial charge in [-0.05, 0) is 39.2 Å². The van der Waals surface area contributed by atoms with E-state index in [1.165, 1.54) is 6.42 Å². The van der Waals surface area contributed by atoms with E-state index in [9.17, 15) is 4.79 Å². The number of morpholine rings is 1. The Morgan fingerprint density at radius 2 is 1.91 bits per heavy atom. The fourth-order valence-corrected chi connectivity index (χ4v) is 3.93. The summed E-state index contributed by atoms with van der Waals surface area (Å²) in [5, 5.41) is 3.42. The average molecular weight is 368 g/mol. The molecule has 7 heteroatoms. The van der Waals surface area contributed by atoms with E-state index in [1.54, 1.807) is 0 Å². The van der Waals surface area contributed by atoms with Crippen molar-refractivity contribution in [1.29, 1.82) is 0 Å². The second-order valence-electron chi connectivity index (χ2n) is 6.79. The monoisotopic (exact) mass is 367 g/mol. The maximum absolute atomic E-state index is 12.3. The molecule has 0 bridgehead atoms. The molecule has 3 rings (SSSR count). The summed E-state index contributed by atoms with van der Waals surface area (Å²) < 4.78 is 5.62. The molecular weight excluding hydrogens is 337 g/mol. The van der Waals surface area contributed by atoms with Crippen LogP contribution in [0.4, 0.5) is 0 Å². The first kappa shape index (κ1) is 21.0. The number of amides is 1. The van der Waals surface area contributed by atoms with Crippen LogP contribution in [0.1, 0.15) is 39.0 Å². The average Bonchev–Trinajstić information content (AvgIpc) is 3.00. The lowest BCUT2D eigenvalue weighted by Gasteiger charge is -2.41. The summed E-state index contributed by atoms with van der Waals surface area (Å²) in [6.07, 6.45) is 5.67. The molecule has 0 radical (unpaired) electrons. The highest BCUT2D eigenvalue weighted by atomic mass is 35.5. The molecule has 0 aromatic heterocycles. The predicted octanol–water partition coefficient (Wildman–Crippen LogP) is 1.68. The molecule has 1 amide bonds. The van der Waals surface area contributed by atoms with Gasteiger partial charge in [0.2, 0.25) is 5.91 Å². The van der Waals surface area contributed by atoms with Crippen LogP contribution in [0.25, 0.3) is 0 Å². The Morgan fingerprint density at radius 1 is 1.17 bits per heavy atom. The molecule has 0 aromatic rings. The Balaban J connectivity index is 0.00000132. The normalized spacial score (nSPS) is 29.7. The molecule has 3 fully saturated rings. The number of carbonyl (C=O) groups is 1. The number of piperidine rings is 1. The van der Waals surface area contributed by atoms with Crippen LogP contribution in [0.2, 0.25) is 0 Å². The second-order valence-corrected chi connectivity index (χ2v) is 6.79. The first-order chi connectivity index (χ1) is 10.2. The van der Waals surface area contributed by atoms with Gasteiger partial charge in [0, 0.05) is 44.7 Å². The standard InChI is InChI=1S/C16H29N3O2.2ClH/c1-13-12-19(9-10-21-13)15-4-7-18(8-5-15)16(20)11-14-3-2-6-17-14;;/h13-15,17H,2-12H2,1H3;2*1H. The molecule has 3 aliphatic rings. The number of hydrogen-bond donors (Lipinski definition) is 1. The SMILES string of the molecule is CC1CN(C2CCN(C(=O)CC3CCCN3)CC2)CCO1.Cl.Cl. The fourth-order valence-electron chi connectivity index (χ4n) is 3.93. The molecule has 136 valence electrons. The molecule has 0 spiro atoms. The Morgan fingerprint density at radius 3 is 2.52 bits per heavy atom. The van der Waals surface area contributed by atoms with E-state index in [1.807, 2.05) is 0 Å². The fraction of sp³-hybridized carbons (Fsp3) is 0.938. The van der Waals surface area contributed by atoms with E-state index in [2.05, 4.69) is 22.0 Å². The van der Waals surface area contributed by atoms with Crippen LogP contribution < -0.4 is 5.32 Å². The molecule has 1 N–H and O–H groups in total. The minimum Gasteiger partial charge on any atom is -0.376 e. The molecule has 2 atom stereocenters. The van der Waals surface area contributed by atoms with Crippen molar-refractivity contribution in [2.24, 2.45) is 0 Å². The van der Waals surface area contributed by atoms with Gasteiger partial charge < -0.3 is 15.0 Å². The number of nitrogens with zero attached hydrogens (tertiary/aromatic N) is 2. The Labute approximate surface area is 152 Å². The molecular formula is C16H31Cl2N3O2. The van der Waals surface area contributed by atoms with E-state index in [0.29, 0.717) is 30.5 Å². The maximum atomic E-state index is 12.3. The third-order valence-corrected chi connectivity index (χ3v) is 5.19. The van der Waals surface area contributed by atoms with Crippen LogP contribution in [-0.2, 0) is 9.53 Å². The van der Waals surface area contributed by atoms with Gasteiger partial charge in [-0.1, -0.05) is 0 Å². The number of halogens is 2. The topological polar surface area (TPSA) is 44.8 Å². The zero-order chi connectivity index (χ0) is 14.7. The summed E-state index contributed by atoms with van der Waals surface area (Å²) >= 11 is 0. The highest BCUT2D eigenvalue weighted by Gasteiger charge is 2.30. The summed E-state index contributed by atoms with van der Waals surface area (Å²) in [6, 6.07) is 1.07. The Kier molecular flexibility index (Phi) is 9.16. The Hall–Kier alpha value is -0.0700. The third kappa shape index (κ3) is 5.75. The highest BCUT2D eigenvalue weighted by molar-refractivity contribution is 5.85. The quantitative estimate of drug-likeness (QED) is 0.824. The molecule has 3 heterocycles. The zero-order valence-electron chi connectivity index (χ0n) is 14.0. The largest absolute Gasteiger partial charge is 0.376 e. The van der Waals surface area contributed by atoms with Crippen molar-refractivity contribution < 1.29 is 9.53 Å². The van der Waals surface area contributed by atoms with Crippen molar-refractivity contribution in [3.05, 3.63) is 0 Å². The van der Waals surface area contributed by atoms with Gasteiger partial charge in [-0.15, -0.1) is 24.8 Å². The lowest BCUT2D eigenvalue weighted by molar-refractivity contribution is -0.133. The van der Waals surface area contributed by atoms with Crippen molar-refractivity contribution in [3.8, 4) is 0 Å². The van der Waals surface area contributed by atoms with Gasteiger partial charge in [-0.3, -0.25) is 9.69 Å². The lowest BCUT2D eigenvalue weighted by Crippen LogP contribution is -2.52. The van der Waals surface area contributed by atoms with E-state index >= 15 is 0 Å². The van der Waals surface area contributed by atoms with Crippen LogP contribution in [0, 0.1) is 0 Å². The number of rotatable bonds is 3. The van der Waals surface area contributed by atoms with Crippen molar-refractivity contribution in [2.45, 2.75) is 57.2 Å². The molecule has 23 heavy (non-hydrogen) atoms. The maximum Gasteiger partial charge on any atom is 0.224 e. The zero-order valence-corrected chi connectivity index (χ0v) is 15.7. The third-order valence-electron chi connectivity index (χ3n) is 5.19. The number of carbonyl (C=O) groups excluding carboxylic acids is 1. The Bertz CT molecular complexity index is 359. The first-order valence-electron chi connectivity index (χ1n) is 8.59. The van der Waals surface area contributed by atoms with Gasteiger partial charge in [-0.25, -0.2) is 0 Å². The molecule has 3 saturated heterocycles. The molecule has 0 aromatic carbocycles. The number of likely N-dealkylation sites (tertiary alicyclic amines) is 1. The van der Waals surface area contributed by atoms with Gasteiger partial charge in [-0.2, -0.15) is 0 Å². The molecule has 2 unspecified atom stereocenters. The van der Waals surface area contributed by atoms with E-state index < -0.39 is 0 Å². The summed E-state index contributed by atoms with van der Waals surface area (Å²) in [5.74, 6) is 0.350. The van der Waals surface area contributed by atoms with Gasteiger partial charge in [0.25, 0.3) is 0 Å². The molecule has 0 aliphatic carbocycles. The van der Waals surface area contributed by atoms with Gasteiger partial charge in [0.15, 0.2) is 0 Å².